The fourth-order valence-corrected chi connectivity index (χ4v) is 4.50. The highest BCUT2D eigenvalue weighted by Gasteiger charge is 2.50. The van der Waals surface area contributed by atoms with Gasteiger partial charge in [-0.05, 0) is 48.2 Å². The van der Waals surface area contributed by atoms with Gasteiger partial charge in [0.2, 0.25) is 5.91 Å². The van der Waals surface area contributed by atoms with Gasteiger partial charge < -0.3 is 20.4 Å². The average Bonchev–Trinajstić information content (AvgIpc) is 2.78. The van der Waals surface area contributed by atoms with E-state index in [9.17, 15) is 29.0 Å². The monoisotopic (exact) mass is 470 g/mol. The number of aliphatic hydroxyl groups is 1. The van der Waals surface area contributed by atoms with Gasteiger partial charge in [0, 0.05) is 24.1 Å². The molecule has 0 bridgehead atoms. The van der Waals surface area contributed by atoms with Crippen LogP contribution < -0.4 is 5.32 Å². The molecular formula is C26H31FN2O5. The van der Waals surface area contributed by atoms with Crippen molar-refractivity contribution in [2.75, 3.05) is 13.1 Å². The number of benzene rings is 2. The summed E-state index contributed by atoms with van der Waals surface area (Å²) in [5, 5.41) is 23.4. The SMILES string of the molecule is CC(C)[C@@H](NC(=O)c1cccc(C(=O)O)c1)C(=O)N1CCC(O)(c2ccc(F)cc2)C(C)(C)C1. The van der Waals surface area contributed by atoms with Crippen molar-refractivity contribution in [1.82, 2.24) is 10.2 Å². The summed E-state index contributed by atoms with van der Waals surface area (Å²) in [6.45, 7) is 7.87. The van der Waals surface area contributed by atoms with Gasteiger partial charge in [0.05, 0.1) is 11.2 Å². The van der Waals surface area contributed by atoms with Crippen LogP contribution in [0.25, 0.3) is 0 Å². The molecule has 1 heterocycles. The van der Waals surface area contributed by atoms with Crippen molar-refractivity contribution in [3.8, 4) is 0 Å². The molecule has 1 aliphatic heterocycles. The van der Waals surface area contributed by atoms with E-state index in [1.54, 1.807) is 17.0 Å². The van der Waals surface area contributed by atoms with Crippen LogP contribution in [0.15, 0.2) is 48.5 Å². The highest BCUT2D eigenvalue weighted by atomic mass is 19.1. The van der Waals surface area contributed by atoms with Gasteiger partial charge in [-0.15, -0.1) is 0 Å². The molecule has 8 heteroatoms. The van der Waals surface area contributed by atoms with Crippen LogP contribution in [0.5, 0.6) is 0 Å². The number of rotatable bonds is 6. The number of amides is 2. The van der Waals surface area contributed by atoms with Crippen molar-refractivity contribution in [3.05, 3.63) is 71.0 Å². The third-order valence-electron chi connectivity index (χ3n) is 6.67. The first-order valence-electron chi connectivity index (χ1n) is 11.3. The normalized spacial score (nSPS) is 20.6. The summed E-state index contributed by atoms with van der Waals surface area (Å²) in [6, 6.07) is 10.6. The molecule has 182 valence electrons. The van der Waals surface area contributed by atoms with Crippen LogP contribution in [0.3, 0.4) is 0 Å². The Morgan fingerprint density at radius 3 is 2.24 bits per heavy atom. The topological polar surface area (TPSA) is 107 Å². The van der Waals surface area contributed by atoms with E-state index in [2.05, 4.69) is 5.32 Å². The van der Waals surface area contributed by atoms with Gasteiger partial charge in [-0.25, -0.2) is 9.18 Å². The highest BCUT2D eigenvalue weighted by Crippen LogP contribution is 2.46. The van der Waals surface area contributed by atoms with E-state index in [-0.39, 0.29) is 48.3 Å². The van der Waals surface area contributed by atoms with E-state index in [0.717, 1.165) is 0 Å². The number of carbonyl (C=O) groups is 3. The van der Waals surface area contributed by atoms with Gasteiger partial charge in [-0.1, -0.05) is 45.9 Å². The standard InChI is InChI=1S/C26H31FN2O5/c1-16(2)21(28-22(30)17-6-5-7-18(14-17)24(32)33)23(31)29-13-12-26(34,25(3,4)15-29)19-8-10-20(27)11-9-19/h5-11,14,16,21,34H,12-13,15H2,1-4H3,(H,28,30)(H,32,33)/t21-,26?/m1/s1. The summed E-state index contributed by atoms with van der Waals surface area (Å²) in [5.74, 6) is -2.56. The van der Waals surface area contributed by atoms with E-state index in [4.69, 9.17) is 0 Å². The molecular weight excluding hydrogens is 439 g/mol. The third-order valence-corrected chi connectivity index (χ3v) is 6.67. The number of hydrogen-bond donors (Lipinski definition) is 3. The third kappa shape index (κ3) is 4.97. The van der Waals surface area contributed by atoms with Gasteiger partial charge in [-0.2, -0.15) is 0 Å². The zero-order valence-electron chi connectivity index (χ0n) is 19.8. The second-order valence-corrected chi connectivity index (χ2v) is 9.84. The summed E-state index contributed by atoms with van der Waals surface area (Å²) in [4.78, 5) is 39.1. The van der Waals surface area contributed by atoms with Gasteiger partial charge in [-0.3, -0.25) is 9.59 Å². The molecule has 2 aromatic carbocycles. The summed E-state index contributed by atoms with van der Waals surface area (Å²) in [6.07, 6.45) is 0.261. The zero-order valence-corrected chi connectivity index (χ0v) is 19.8. The number of nitrogens with zero attached hydrogens (tertiary/aromatic N) is 1. The number of hydrogen-bond acceptors (Lipinski definition) is 4. The predicted molar refractivity (Wildman–Crippen MR) is 125 cm³/mol. The zero-order chi connectivity index (χ0) is 25.3. The fraction of sp³-hybridized carbons (Fsp3) is 0.423. The maximum absolute atomic E-state index is 13.4. The van der Waals surface area contributed by atoms with E-state index in [1.807, 2.05) is 27.7 Å². The predicted octanol–water partition coefficient (Wildman–Crippen LogP) is 3.42. The lowest BCUT2D eigenvalue weighted by Gasteiger charge is -2.51. The average molecular weight is 471 g/mol. The number of nitrogens with one attached hydrogen (secondary N) is 1. The van der Waals surface area contributed by atoms with Crippen LogP contribution >= 0.6 is 0 Å². The summed E-state index contributed by atoms with van der Waals surface area (Å²) in [7, 11) is 0. The molecule has 0 aliphatic carbocycles. The van der Waals surface area contributed by atoms with Crippen molar-refractivity contribution in [3.63, 3.8) is 0 Å². The van der Waals surface area contributed by atoms with Crippen LogP contribution in [0, 0.1) is 17.2 Å². The van der Waals surface area contributed by atoms with Crippen molar-refractivity contribution >= 4 is 17.8 Å². The number of likely N-dealkylation sites (tertiary alicyclic amines) is 1. The number of halogens is 1. The van der Waals surface area contributed by atoms with E-state index in [0.29, 0.717) is 5.56 Å². The summed E-state index contributed by atoms with van der Waals surface area (Å²) in [5.41, 5.74) is -1.25. The Balaban J connectivity index is 1.78. The Labute approximate surface area is 198 Å². The first-order chi connectivity index (χ1) is 15.9. The molecule has 0 saturated carbocycles. The molecule has 3 rings (SSSR count). The largest absolute Gasteiger partial charge is 0.478 e. The number of carboxylic acids is 1. The molecule has 2 atom stereocenters. The molecule has 1 unspecified atom stereocenters. The van der Waals surface area contributed by atoms with Crippen LogP contribution in [-0.4, -0.2) is 52.0 Å². The molecule has 2 amide bonds. The van der Waals surface area contributed by atoms with Crippen molar-refractivity contribution in [2.45, 2.75) is 45.8 Å². The van der Waals surface area contributed by atoms with Gasteiger partial charge >= 0.3 is 5.97 Å². The van der Waals surface area contributed by atoms with E-state index < -0.39 is 28.9 Å². The molecule has 0 spiro atoms. The Morgan fingerprint density at radius 2 is 1.68 bits per heavy atom. The fourth-order valence-electron chi connectivity index (χ4n) is 4.50. The van der Waals surface area contributed by atoms with Crippen LogP contribution in [0.1, 0.15) is 60.4 Å². The molecule has 1 saturated heterocycles. The number of carbonyl (C=O) groups excluding carboxylic acids is 2. The summed E-state index contributed by atoms with van der Waals surface area (Å²) < 4.78 is 13.4. The van der Waals surface area contributed by atoms with Crippen molar-refractivity contribution in [2.24, 2.45) is 11.3 Å². The van der Waals surface area contributed by atoms with E-state index >= 15 is 0 Å². The number of piperidine rings is 1. The van der Waals surface area contributed by atoms with Gasteiger partial charge in [0.15, 0.2) is 0 Å². The Morgan fingerprint density at radius 1 is 1.06 bits per heavy atom. The quantitative estimate of drug-likeness (QED) is 0.600. The molecule has 0 aromatic heterocycles. The lowest BCUT2D eigenvalue weighted by atomic mass is 9.66. The van der Waals surface area contributed by atoms with Crippen LogP contribution in [0.2, 0.25) is 0 Å². The minimum absolute atomic E-state index is 0.0158. The minimum atomic E-state index is -1.24. The molecule has 3 N–H and O–H groups in total. The maximum atomic E-state index is 13.4. The van der Waals surface area contributed by atoms with Crippen molar-refractivity contribution < 1.29 is 29.0 Å². The van der Waals surface area contributed by atoms with Gasteiger partial charge in [0.1, 0.15) is 11.9 Å². The molecule has 2 aromatic rings. The van der Waals surface area contributed by atoms with E-state index in [1.165, 1.54) is 36.4 Å². The molecule has 1 fully saturated rings. The van der Waals surface area contributed by atoms with Crippen LogP contribution in [-0.2, 0) is 10.4 Å². The number of aromatic carboxylic acids is 1. The maximum Gasteiger partial charge on any atom is 0.335 e. The first-order valence-corrected chi connectivity index (χ1v) is 11.3. The highest BCUT2D eigenvalue weighted by molar-refractivity contribution is 5.99. The Kier molecular flexibility index (Phi) is 7.12. The van der Waals surface area contributed by atoms with Crippen molar-refractivity contribution in [1.29, 1.82) is 0 Å². The number of carboxylic acid groups (broad SMARTS) is 1. The Bertz CT molecular complexity index is 1080. The minimum Gasteiger partial charge on any atom is -0.478 e. The lowest BCUT2D eigenvalue weighted by Crippen LogP contribution is -2.60. The molecule has 1 aliphatic rings. The molecule has 0 radical (unpaired) electrons. The summed E-state index contributed by atoms with van der Waals surface area (Å²) >= 11 is 0. The van der Waals surface area contributed by atoms with Gasteiger partial charge in [0.25, 0.3) is 5.91 Å². The molecule has 34 heavy (non-hydrogen) atoms. The lowest BCUT2D eigenvalue weighted by molar-refractivity contribution is -0.155. The van der Waals surface area contributed by atoms with Crippen LogP contribution in [0.4, 0.5) is 4.39 Å². The molecule has 7 nitrogen and oxygen atoms in total. The smallest absolute Gasteiger partial charge is 0.335 e. The second kappa shape index (κ2) is 9.54. The first kappa shape index (κ1) is 25.4. The second-order valence-electron chi connectivity index (χ2n) is 9.84. The Hall–Kier alpha value is -3.26.